The Morgan fingerprint density at radius 1 is 0.727 bits per heavy atom. The van der Waals surface area contributed by atoms with Crippen LogP contribution < -0.4 is 0 Å². The lowest BCUT2D eigenvalue weighted by Gasteiger charge is -2.52. The van der Waals surface area contributed by atoms with Gasteiger partial charge in [-0.2, -0.15) is 0 Å². The molecule has 0 unspecified atom stereocenters. The molecule has 0 atom stereocenters. The van der Waals surface area contributed by atoms with Crippen molar-refractivity contribution in [3.63, 3.8) is 0 Å². The number of rotatable bonds is 2. The van der Waals surface area contributed by atoms with Gasteiger partial charge in [-0.15, -0.1) is 0 Å². The molecule has 0 saturated carbocycles. The quantitative estimate of drug-likeness (QED) is 0.825. The first-order chi connectivity index (χ1) is 10.6. The van der Waals surface area contributed by atoms with Gasteiger partial charge in [0.1, 0.15) is 0 Å². The predicted octanol–water partition coefficient (Wildman–Crippen LogP) is 4.12. The number of hydrogen-bond acceptors (Lipinski definition) is 3. The summed E-state index contributed by atoms with van der Waals surface area (Å²) >= 11 is 12.1. The second-order valence-corrected chi connectivity index (χ2v) is 6.60. The lowest BCUT2D eigenvalue weighted by molar-refractivity contribution is -0.466. The summed E-state index contributed by atoms with van der Waals surface area (Å²) in [7, 11) is 0. The Morgan fingerprint density at radius 3 is 1.82 bits per heavy atom. The fourth-order valence-corrected chi connectivity index (χ4v) is 3.50. The first-order valence-corrected chi connectivity index (χ1v) is 7.82. The molecule has 114 valence electrons. The maximum atomic E-state index is 6.07. The van der Waals surface area contributed by atoms with Gasteiger partial charge in [0.25, 0.3) is 0 Å². The lowest BCUT2D eigenvalue weighted by atomic mass is 9.81. The van der Waals surface area contributed by atoms with Crippen molar-refractivity contribution in [3.8, 4) is 0 Å². The summed E-state index contributed by atoms with van der Waals surface area (Å²) < 4.78 is 17.9. The van der Waals surface area contributed by atoms with Crippen molar-refractivity contribution in [1.82, 2.24) is 0 Å². The Balaban J connectivity index is 1.65. The van der Waals surface area contributed by atoms with Gasteiger partial charge in [-0.05, 0) is 23.8 Å². The Labute approximate surface area is 138 Å². The third-order valence-electron chi connectivity index (χ3n) is 4.22. The summed E-state index contributed by atoms with van der Waals surface area (Å²) in [5.41, 5.74) is 1.59. The minimum absolute atomic E-state index is 0.259. The highest BCUT2D eigenvalue weighted by molar-refractivity contribution is 6.34. The Kier molecular flexibility index (Phi) is 3.44. The van der Waals surface area contributed by atoms with Crippen LogP contribution in [-0.4, -0.2) is 19.8 Å². The van der Waals surface area contributed by atoms with Crippen LogP contribution in [-0.2, 0) is 25.6 Å². The standard InChI is InChI=1S/C17H14Cl2O3/c18-14-6-13(7-15(19)8-14)17-20-9-16(10-21-17,11-22-17)12-4-2-1-3-5-12/h1-8H,9-11H2. The summed E-state index contributed by atoms with van der Waals surface area (Å²) in [6.45, 7) is 1.59. The molecule has 5 heteroatoms. The highest BCUT2D eigenvalue weighted by atomic mass is 35.5. The summed E-state index contributed by atoms with van der Waals surface area (Å²) in [5.74, 6) is -1.20. The van der Waals surface area contributed by atoms with Crippen molar-refractivity contribution in [3.05, 3.63) is 69.7 Å². The molecular weight excluding hydrogens is 323 g/mol. The monoisotopic (exact) mass is 336 g/mol. The van der Waals surface area contributed by atoms with E-state index in [1.807, 2.05) is 18.2 Å². The number of benzene rings is 2. The van der Waals surface area contributed by atoms with Crippen LogP contribution in [0.4, 0.5) is 0 Å². The van der Waals surface area contributed by atoms with Crippen LogP contribution in [0.25, 0.3) is 0 Å². The summed E-state index contributed by atoms with van der Waals surface area (Å²) in [6, 6.07) is 15.3. The third kappa shape index (κ3) is 2.25. The maximum absolute atomic E-state index is 6.07. The van der Waals surface area contributed by atoms with E-state index in [0.29, 0.717) is 35.4 Å². The Morgan fingerprint density at radius 2 is 1.27 bits per heavy atom. The Hall–Kier alpha value is -1.10. The average molecular weight is 337 g/mol. The number of fused-ring (bicyclic) bond motifs is 3. The zero-order chi connectivity index (χ0) is 15.2. The SMILES string of the molecule is Clc1cc(Cl)cc(C23OCC(c4ccccc4)(CO2)CO3)c1. The maximum Gasteiger partial charge on any atom is 0.312 e. The summed E-state index contributed by atoms with van der Waals surface area (Å²) in [5, 5.41) is 1.05. The van der Waals surface area contributed by atoms with Crippen LogP contribution in [0, 0.1) is 0 Å². The molecule has 3 nitrogen and oxygen atoms in total. The molecule has 3 saturated heterocycles. The highest BCUT2D eigenvalue weighted by Gasteiger charge is 2.54. The summed E-state index contributed by atoms with van der Waals surface area (Å²) in [4.78, 5) is 0. The second kappa shape index (κ2) is 5.22. The molecular formula is C17H14Cl2O3. The van der Waals surface area contributed by atoms with Crippen molar-refractivity contribution < 1.29 is 14.2 Å². The van der Waals surface area contributed by atoms with E-state index >= 15 is 0 Å². The van der Waals surface area contributed by atoms with E-state index in [-0.39, 0.29) is 5.41 Å². The van der Waals surface area contributed by atoms with Gasteiger partial charge >= 0.3 is 5.97 Å². The van der Waals surface area contributed by atoms with Gasteiger partial charge in [0.05, 0.1) is 25.2 Å². The zero-order valence-corrected chi connectivity index (χ0v) is 13.2. The number of hydrogen-bond donors (Lipinski definition) is 0. The second-order valence-electron chi connectivity index (χ2n) is 5.73. The fourth-order valence-electron chi connectivity index (χ4n) is 2.97. The Bertz CT molecular complexity index is 658. The van der Waals surface area contributed by atoms with E-state index in [4.69, 9.17) is 37.4 Å². The lowest BCUT2D eigenvalue weighted by Crippen LogP contribution is -2.60. The van der Waals surface area contributed by atoms with E-state index in [0.717, 1.165) is 5.56 Å². The summed E-state index contributed by atoms with van der Waals surface area (Å²) in [6.07, 6.45) is 0. The van der Waals surface area contributed by atoms with E-state index in [9.17, 15) is 0 Å². The van der Waals surface area contributed by atoms with Crippen LogP contribution >= 0.6 is 23.2 Å². The molecule has 0 spiro atoms. The van der Waals surface area contributed by atoms with Gasteiger partial charge in [0.15, 0.2) is 0 Å². The zero-order valence-electron chi connectivity index (χ0n) is 11.7. The molecule has 3 fully saturated rings. The van der Waals surface area contributed by atoms with Gasteiger partial charge in [0.2, 0.25) is 0 Å². The molecule has 0 aliphatic carbocycles. The smallest absolute Gasteiger partial charge is 0.312 e. The van der Waals surface area contributed by atoms with Gasteiger partial charge in [-0.1, -0.05) is 53.5 Å². The largest absolute Gasteiger partial charge is 0.322 e. The van der Waals surface area contributed by atoms with Crippen LogP contribution in [0.15, 0.2) is 48.5 Å². The molecule has 0 radical (unpaired) electrons. The molecule has 2 bridgehead atoms. The third-order valence-corrected chi connectivity index (χ3v) is 4.65. The molecule has 22 heavy (non-hydrogen) atoms. The van der Waals surface area contributed by atoms with Crippen LogP contribution in [0.1, 0.15) is 11.1 Å². The molecule has 3 aliphatic heterocycles. The average Bonchev–Trinajstić information content (AvgIpc) is 2.56. The molecule has 3 heterocycles. The van der Waals surface area contributed by atoms with E-state index < -0.39 is 5.97 Å². The molecule has 0 N–H and O–H groups in total. The van der Waals surface area contributed by atoms with Gasteiger partial charge < -0.3 is 14.2 Å². The van der Waals surface area contributed by atoms with E-state index in [1.54, 1.807) is 18.2 Å². The predicted molar refractivity (Wildman–Crippen MR) is 84.1 cm³/mol. The van der Waals surface area contributed by atoms with Gasteiger partial charge in [-0.25, -0.2) is 0 Å². The van der Waals surface area contributed by atoms with Crippen molar-refractivity contribution in [1.29, 1.82) is 0 Å². The van der Waals surface area contributed by atoms with Gasteiger partial charge in [0, 0.05) is 15.6 Å². The minimum Gasteiger partial charge on any atom is -0.322 e. The molecule has 0 aromatic heterocycles. The van der Waals surface area contributed by atoms with E-state index in [2.05, 4.69) is 12.1 Å². The molecule has 2 aromatic carbocycles. The molecule has 5 rings (SSSR count). The number of halogens is 2. The molecule has 2 aromatic rings. The normalized spacial score (nSPS) is 30.5. The first kappa shape index (κ1) is 14.5. The van der Waals surface area contributed by atoms with E-state index in [1.165, 1.54) is 0 Å². The van der Waals surface area contributed by atoms with Crippen LogP contribution in [0.5, 0.6) is 0 Å². The minimum atomic E-state index is -1.20. The highest BCUT2D eigenvalue weighted by Crippen LogP contribution is 2.46. The van der Waals surface area contributed by atoms with Crippen molar-refractivity contribution in [2.24, 2.45) is 0 Å². The van der Waals surface area contributed by atoms with Crippen LogP contribution in [0.3, 0.4) is 0 Å². The molecule has 0 amide bonds. The van der Waals surface area contributed by atoms with Crippen molar-refractivity contribution in [2.45, 2.75) is 11.4 Å². The number of ether oxygens (including phenoxy) is 3. The van der Waals surface area contributed by atoms with Gasteiger partial charge in [-0.3, -0.25) is 0 Å². The van der Waals surface area contributed by atoms with Crippen molar-refractivity contribution >= 4 is 23.2 Å². The first-order valence-electron chi connectivity index (χ1n) is 7.06. The van der Waals surface area contributed by atoms with Crippen LogP contribution in [0.2, 0.25) is 10.0 Å². The fraction of sp³-hybridized carbons (Fsp3) is 0.294. The van der Waals surface area contributed by atoms with Crippen molar-refractivity contribution in [2.75, 3.05) is 19.8 Å². The topological polar surface area (TPSA) is 27.7 Å². The molecule has 3 aliphatic rings.